The van der Waals surface area contributed by atoms with E-state index in [9.17, 15) is 19.0 Å². The molecule has 10 heteroatoms. The number of allylic oxidation sites excluding steroid dienone is 12. The molecule has 0 heterocycles. The maximum atomic E-state index is 12.6. The molecule has 0 aliphatic carbocycles. The second-order valence-corrected chi connectivity index (χ2v) is 16.0. The summed E-state index contributed by atoms with van der Waals surface area (Å²) in [5.74, 6) is -0.926. The van der Waals surface area contributed by atoms with Gasteiger partial charge in [0.25, 0.3) is 0 Å². The SMILES string of the molecule is CC/C=C/C/C=C/C/C=C/C/C=C/C/C=C/C/C=C/CCC(=O)O[C@H](COC(=O)CCCCCCCCCCCCCCCCCCC)COP(=O)(O)OCCN. The van der Waals surface area contributed by atoms with Gasteiger partial charge in [-0.3, -0.25) is 18.6 Å². The van der Waals surface area contributed by atoms with E-state index in [0.717, 1.165) is 57.8 Å². The second kappa shape index (κ2) is 43.0. The highest BCUT2D eigenvalue weighted by Crippen LogP contribution is 2.43. The van der Waals surface area contributed by atoms with Gasteiger partial charge in [-0.25, -0.2) is 4.57 Å². The standard InChI is InChI=1S/C47H82NO8P/c1-3-5-7-9-11-13-15-17-19-21-22-24-26-28-30-32-34-36-38-40-47(50)56-45(44-55-57(51,52)54-42-41-48)43-53-46(49)39-37-35-33-31-29-27-25-23-20-18-16-14-12-10-8-6-4-2/h5,7,11,13,17,19,22,24,28,30,34,36,45H,3-4,6,8-10,12,14-16,18,20-21,23,25-27,29,31-33,35,37-44,48H2,1-2H3,(H,51,52)/b7-5+,13-11+,19-17+,24-22+,30-28+,36-34+/t45-/m1/s1. The van der Waals surface area contributed by atoms with E-state index >= 15 is 0 Å². The quantitative estimate of drug-likeness (QED) is 0.0267. The normalized spacial score (nSPS) is 14.0. The van der Waals surface area contributed by atoms with Gasteiger partial charge in [-0.15, -0.1) is 0 Å². The number of phosphoric acid groups is 1. The number of unbranched alkanes of at least 4 members (excludes halogenated alkanes) is 16. The zero-order valence-corrected chi connectivity index (χ0v) is 36.9. The van der Waals surface area contributed by atoms with Crippen LogP contribution in [0.4, 0.5) is 0 Å². The Hall–Kier alpha value is -2.55. The number of carbonyl (C=O) groups excluding carboxylic acids is 2. The van der Waals surface area contributed by atoms with Crippen LogP contribution < -0.4 is 5.73 Å². The first-order valence-corrected chi connectivity index (χ1v) is 23.9. The van der Waals surface area contributed by atoms with Gasteiger partial charge in [0.1, 0.15) is 6.61 Å². The molecule has 0 bridgehead atoms. The molecule has 9 nitrogen and oxygen atoms in total. The van der Waals surface area contributed by atoms with Gasteiger partial charge >= 0.3 is 19.8 Å². The minimum Gasteiger partial charge on any atom is -0.462 e. The van der Waals surface area contributed by atoms with Crippen LogP contribution in [0.2, 0.25) is 0 Å². The molecule has 1 unspecified atom stereocenters. The predicted molar refractivity (Wildman–Crippen MR) is 238 cm³/mol. The molecular formula is C47H82NO8P. The lowest BCUT2D eigenvalue weighted by Crippen LogP contribution is -2.29. The molecule has 328 valence electrons. The molecular weight excluding hydrogens is 737 g/mol. The number of hydrogen-bond acceptors (Lipinski definition) is 8. The third-order valence-electron chi connectivity index (χ3n) is 9.12. The molecule has 0 fully saturated rings. The van der Waals surface area contributed by atoms with E-state index in [4.69, 9.17) is 24.3 Å². The third-order valence-corrected chi connectivity index (χ3v) is 10.1. The molecule has 0 radical (unpaired) electrons. The molecule has 0 amide bonds. The van der Waals surface area contributed by atoms with Crippen molar-refractivity contribution in [1.82, 2.24) is 0 Å². The van der Waals surface area contributed by atoms with Crippen molar-refractivity contribution in [2.45, 2.75) is 187 Å². The number of phosphoric ester groups is 1. The van der Waals surface area contributed by atoms with Crippen LogP contribution in [0.15, 0.2) is 72.9 Å². The van der Waals surface area contributed by atoms with Gasteiger partial charge in [0, 0.05) is 19.4 Å². The smallest absolute Gasteiger partial charge is 0.462 e. The number of hydrogen-bond donors (Lipinski definition) is 2. The summed E-state index contributed by atoms with van der Waals surface area (Å²) in [5.41, 5.74) is 5.34. The Bertz CT molecular complexity index is 1160. The van der Waals surface area contributed by atoms with Gasteiger partial charge in [-0.2, -0.15) is 0 Å². The summed E-state index contributed by atoms with van der Waals surface area (Å²) in [6.07, 6.45) is 52.3. The van der Waals surface area contributed by atoms with Gasteiger partial charge in [0.2, 0.25) is 0 Å². The van der Waals surface area contributed by atoms with Crippen molar-refractivity contribution in [2.24, 2.45) is 5.73 Å². The van der Waals surface area contributed by atoms with E-state index in [1.54, 1.807) is 0 Å². The van der Waals surface area contributed by atoms with Crippen LogP contribution in [0.1, 0.15) is 181 Å². The van der Waals surface area contributed by atoms with E-state index in [1.807, 2.05) is 12.2 Å². The second-order valence-electron chi connectivity index (χ2n) is 14.5. The van der Waals surface area contributed by atoms with Crippen LogP contribution in [0.3, 0.4) is 0 Å². The summed E-state index contributed by atoms with van der Waals surface area (Å²) < 4.78 is 32.7. The van der Waals surface area contributed by atoms with Crippen molar-refractivity contribution >= 4 is 19.8 Å². The Morgan fingerprint density at radius 2 is 0.965 bits per heavy atom. The average molecular weight is 820 g/mol. The summed E-state index contributed by atoms with van der Waals surface area (Å²) in [5, 5.41) is 0. The molecule has 3 N–H and O–H groups in total. The maximum Gasteiger partial charge on any atom is 0.472 e. The maximum absolute atomic E-state index is 12.6. The monoisotopic (exact) mass is 820 g/mol. The van der Waals surface area contributed by atoms with E-state index in [2.05, 4.69) is 74.6 Å². The zero-order valence-electron chi connectivity index (χ0n) is 36.0. The first-order valence-electron chi connectivity index (χ1n) is 22.4. The molecule has 0 aliphatic heterocycles. The summed E-state index contributed by atoms with van der Waals surface area (Å²) in [4.78, 5) is 34.9. The topological polar surface area (TPSA) is 134 Å². The van der Waals surface area contributed by atoms with Crippen molar-refractivity contribution in [2.75, 3.05) is 26.4 Å². The molecule has 0 aromatic carbocycles. The fourth-order valence-corrected chi connectivity index (χ4v) is 6.60. The van der Waals surface area contributed by atoms with Crippen molar-refractivity contribution in [3.63, 3.8) is 0 Å². The molecule has 0 spiro atoms. The Kier molecular flexibility index (Phi) is 41.1. The van der Waals surface area contributed by atoms with E-state index in [1.165, 1.54) is 89.9 Å². The number of esters is 2. The number of nitrogens with two attached hydrogens (primary N) is 1. The fraction of sp³-hybridized carbons (Fsp3) is 0.702. The molecule has 0 aromatic rings. The fourth-order valence-electron chi connectivity index (χ4n) is 5.84. The summed E-state index contributed by atoms with van der Waals surface area (Å²) in [6.45, 7) is 3.54. The first kappa shape index (κ1) is 54.5. The average Bonchev–Trinajstić information content (AvgIpc) is 3.20. The Balaban J connectivity index is 4.26. The van der Waals surface area contributed by atoms with Gasteiger partial charge in [-0.05, 0) is 51.4 Å². The van der Waals surface area contributed by atoms with Gasteiger partial charge in [0.15, 0.2) is 6.10 Å². The van der Waals surface area contributed by atoms with Gasteiger partial charge < -0.3 is 20.1 Å². The van der Waals surface area contributed by atoms with Gasteiger partial charge in [0.05, 0.1) is 13.2 Å². The lowest BCUT2D eigenvalue weighted by Gasteiger charge is -2.19. The zero-order chi connectivity index (χ0) is 41.8. The van der Waals surface area contributed by atoms with Crippen LogP contribution in [0.25, 0.3) is 0 Å². The molecule has 0 saturated carbocycles. The minimum absolute atomic E-state index is 0.0396. The van der Waals surface area contributed by atoms with Crippen LogP contribution in [-0.2, 0) is 32.7 Å². The van der Waals surface area contributed by atoms with Crippen molar-refractivity contribution in [1.29, 1.82) is 0 Å². The molecule has 57 heavy (non-hydrogen) atoms. The molecule has 2 atom stereocenters. The third kappa shape index (κ3) is 42.9. The van der Waals surface area contributed by atoms with Crippen LogP contribution in [-0.4, -0.2) is 49.3 Å². The van der Waals surface area contributed by atoms with E-state index < -0.39 is 32.5 Å². The highest BCUT2D eigenvalue weighted by atomic mass is 31.2. The molecule has 0 aliphatic rings. The number of rotatable bonds is 41. The lowest BCUT2D eigenvalue weighted by atomic mass is 10.0. The van der Waals surface area contributed by atoms with Crippen molar-refractivity contribution in [3.8, 4) is 0 Å². The first-order chi connectivity index (χ1) is 27.8. The minimum atomic E-state index is -4.40. The van der Waals surface area contributed by atoms with Gasteiger partial charge in [-0.1, -0.05) is 189 Å². The molecule has 0 aromatic heterocycles. The van der Waals surface area contributed by atoms with E-state index in [-0.39, 0.29) is 32.6 Å². The summed E-state index contributed by atoms with van der Waals surface area (Å²) in [6, 6.07) is 0. The van der Waals surface area contributed by atoms with E-state index in [0.29, 0.717) is 6.42 Å². The Morgan fingerprint density at radius 1 is 0.544 bits per heavy atom. The van der Waals surface area contributed by atoms with Crippen LogP contribution in [0, 0.1) is 0 Å². The highest BCUT2D eigenvalue weighted by Gasteiger charge is 2.25. The number of carbonyl (C=O) groups is 2. The number of ether oxygens (including phenoxy) is 2. The van der Waals surface area contributed by atoms with Crippen molar-refractivity contribution in [3.05, 3.63) is 72.9 Å². The predicted octanol–water partition coefficient (Wildman–Crippen LogP) is 13.1. The highest BCUT2D eigenvalue weighted by molar-refractivity contribution is 7.47. The Labute approximate surface area is 348 Å². The molecule has 0 rings (SSSR count). The lowest BCUT2D eigenvalue weighted by molar-refractivity contribution is -0.161. The summed E-state index contributed by atoms with van der Waals surface area (Å²) in [7, 11) is -4.40. The Morgan fingerprint density at radius 3 is 1.40 bits per heavy atom. The van der Waals surface area contributed by atoms with Crippen LogP contribution in [0.5, 0.6) is 0 Å². The molecule has 0 saturated heterocycles. The van der Waals surface area contributed by atoms with Crippen LogP contribution >= 0.6 is 7.82 Å². The van der Waals surface area contributed by atoms with Crippen molar-refractivity contribution < 1.29 is 37.6 Å². The largest absolute Gasteiger partial charge is 0.472 e. The summed E-state index contributed by atoms with van der Waals surface area (Å²) >= 11 is 0.